The molecule has 0 spiro atoms. The van der Waals surface area contributed by atoms with Gasteiger partial charge < -0.3 is 20.1 Å². The Balaban J connectivity index is 1.84. The lowest BCUT2D eigenvalue weighted by atomic mass is 10.2. The van der Waals surface area contributed by atoms with Gasteiger partial charge in [0.15, 0.2) is 5.69 Å². The van der Waals surface area contributed by atoms with E-state index in [1.54, 1.807) is 13.2 Å². The number of methoxy groups -OCH3 is 1. The quantitative estimate of drug-likeness (QED) is 0.736. The highest BCUT2D eigenvalue weighted by atomic mass is 35.5. The third-order valence-electron chi connectivity index (χ3n) is 3.39. The van der Waals surface area contributed by atoms with Crippen LogP contribution < -0.4 is 20.1 Å². The number of aromatic nitrogens is 1. The molecule has 0 atom stereocenters. The standard InChI is InChI=1S/C18H20ClN3O4/c1-3-26-16-9-8-14(19)17(22-16)18(24)21-11-15(23)20-10-12-4-6-13(25-2)7-5-12/h4-9H,3,10-11H2,1-2H3,(H,20,23)(H,21,24). The van der Waals surface area contributed by atoms with Crippen LogP contribution in [0.4, 0.5) is 0 Å². The number of amides is 2. The van der Waals surface area contributed by atoms with Crippen molar-refractivity contribution < 1.29 is 19.1 Å². The highest BCUT2D eigenvalue weighted by Gasteiger charge is 2.14. The van der Waals surface area contributed by atoms with E-state index in [0.29, 0.717) is 19.0 Å². The van der Waals surface area contributed by atoms with Crippen LogP contribution in [0.25, 0.3) is 0 Å². The summed E-state index contributed by atoms with van der Waals surface area (Å²) in [6.45, 7) is 2.38. The number of carbonyl (C=O) groups is 2. The van der Waals surface area contributed by atoms with Gasteiger partial charge in [-0.1, -0.05) is 23.7 Å². The zero-order valence-corrected chi connectivity index (χ0v) is 15.3. The van der Waals surface area contributed by atoms with Gasteiger partial charge in [0.25, 0.3) is 5.91 Å². The molecule has 1 heterocycles. The molecular formula is C18H20ClN3O4. The predicted octanol–water partition coefficient (Wildman–Crippen LogP) is 2.19. The number of nitrogens with zero attached hydrogens (tertiary/aromatic N) is 1. The van der Waals surface area contributed by atoms with Gasteiger partial charge in [-0.3, -0.25) is 9.59 Å². The molecule has 7 nitrogen and oxygen atoms in total. The molecule has 0 saturated heterocycles. The van der Waals surface area contributed by atoms with Gasteiger partial charge in [-0.05, 0) is 30.7 Å². The molecular weight excluding hydrogens is 358 g/mol. The van der Waals surface area contributed by atoms with E-state index in [0.717, 1.165) is 11.3 Å². The van der Waals surface area contributed by atoms with E-state index in [-0.39, 0.29) is 23.2 Å². The van der Waals surface area contributed by atoms with Crippen molar-refractivity contribution in [2.45, 2.75) is 13.5 Å². The molecule has 26 heavy (non-hydrogen) atoms. The Kier molecular flexibility index (Phi) is 7.23. The summed E-state index contributed by atoms with van der Waals surface area (Å²) in [6.07, 6.45) is 0. The zero-order valence-electron chi connectivity index (χ0n) is 14.5. The Bertz CT molecular complexity index is 766. The Hall–Kier alpha value is -2.80. The molecule has 0 aliphatic heterocycles. The van der Waals surface area contributed by atoms with E-state index in [4.69, 9.17) is 21.1 Å². The summed E-state index contributed by atoms with van der Waals surface area (Å²) >= 11 is 5.98. The predicted molar refractivity (Wildman–Crippen MR) is 97.6 cm³/mol. The number of nitrogens with one attached hydrogen (secondary N) is 2. The minimum Gasteiger partial charge on any atom is -0.497 e. The molecule has 0 saturated carbocycles. The van der Waals surface area contributed by atoms with Crippen LogP contribution in [-0.2, 0) is 11.3 Å². The molecule has 0 bridgehead atoms. The highest BCUT2D eigenvalue weighted by molar-refractivity contribution is 6.33. The van der Waals surface area contributed by atoms with Gasteiger partial charge in [0.1, 0.15) is 5.75 Å². The van der Waals surface area contributed by atoms with E-state index in [9.17, 15) is 9.59 Å². The second kappa shape index (κ2) is 9.62. The monoisotopic (exact) mass is 377 g/mol. The summed E-state index contributed by atoms with van der Waals surface area (Å²) in [5.74, 6) is 0.166. The Morgan fingerprint density at radius 1 is 1.12 bits per heavy atom. The molecule has 0 unspecified atom stereocenters. The summed E-state index contributed by atoms with van der Waals surface area (Å²) in [4.78, 5) is 28.1. The van der Waals surface area contributed by atoms with Crippen molar-refractivity contribution in [1.82, 2.24) is 15.6 Å². The fraction of sp³-hybridized carbons (Fsp3) is 0.278. The van der Waals surface area contributed by atoms with E-state index >= 15 is 0 Å². The smallest absolute Gasteiger partial charge is 0.272 e. The molecule has 1 aromatic carbocycles. The summed E-state index contributed by atoms with van der Waals surface area (Å²) in [5, 5.41) is 5.39. The van der Waals surface area contributed by atoms with E-state index in [1.807, 2.05) is 31.2 Å². The first-order chi connectivity index (χ1) is 12.5. The minimum absolute atomic E-state index is 0.0144. The number of carbonyl (C=O) groups excluding carboxylic acids is 2. The normalized spacial score (nSPS) is 10.1. The van der Waals surface area contributed by atoms with Gasteiger partial charge >= 0.3 is 0 Å². The fourth-order valence-electron chi connectivity index (χ4n) is 2.06. The maximum absolute atomic E-state index is 12.2. The van der Waals surface area contributed by atoms with Crippen LogP contribution in [0.15, 0.2) is 36.4 Å². The summed E-state index contributed by atoms with van der Waals surface area (Å²) in [6, 6.07) is 10.4. The first-order valence-corrected chi connectivity index (χ1v) is 8.38. The maximum atomic E-state index is 12.2. The number of ether oxygens (including phenoxy) is 2. The highest BCUT2D eigenvalue weighted by Crippen LogP contribution is 2.18. The fourth-order valence-corrected chi connectivity index (χ4v) is 2.25. The van der Waals surface area contributed by atoms with Crippen LogP contribution in [0.1, 0.15) is 23.0 Å². The SMILES string of the molecule is CCOc1ccc(Cl)c(C(=O)NCC(=O)NCc2ccc(OC)cc2)n1. The molecule has 0 fully saturated rings. The van der Waals surface area contributed by atoms with Crippen LogP contribution in [0.5, 0.6) is 11.6 Å². The molecule has 2 rings (SSSR count). The van der Waals surface area contributed by atoms with Gasteiger partial charge in [0.05, 0.1) is 25.3 Å². The Morgan fingerprint density at radius 3 is 2.50 bits per heavy atom. The molecule has 8 heteroatoms. The van der Waals surface area contributed by atoms with Crippen molar-refractivity contribution in [3.05, 3.63) is 52.7 Å². The maximum Gasteiger partial charge on any atom is 0.272 e. The minimum atomic E-state index is -0.545. The van der Waals surface area contributed by atoms with Gasteiger partial charge in [-0.15, -0.1) is 0 Å². The average Bonchev–Trinajstić information content (AvgIpc) is 2.66. The summed E-state index contributed by atoms with van der Waals surface area (Å²) < 4.78 is 10.3. The number of hydrogen-bond acceptors (Lipinski definition) is 5. The van der Waals surface area contributed by atoms with Crippen LogP contribution in [0.3, 0.4) is 0 Å². The zero-order chi connectivity index (χ0) is 18.9. The molecule has 0 aliphatic rings. The summed E-state index contributed by atoms with van der Waals surface area (Å²) in [5.41, 5.74) is 0.931. The molecule has 2 aromatic rings. The molecule has 138 valence electrons. The van der Waals surface area contributed by atoms with Crippen molar-refractivity contribution in [3.63, 3.8) is 0 Å². The van der Waals surface area contributed by atoms with Gasteiger partial charge in [-0.25, -0.2) is 4.98 Å². The molecule has 2 amide bonds. The van der Waals surface area contributed by atoms with Crippen LogP contribution in [0.2, 0.25) is 5.02 Å². The summed E-state index contributed by atoms with van der Waals surface area (Å²) in [7, 11) is 1.59. The van der Waals surface area contributed by atoms with Crippen LogP contribution in [0, 0.1) is 0 Å². The lowest BCUT2D eigenvalue weighted by Gasteiger charge is -2.09. The number of pyridine rings is 1. The topological polar surface area (TPSA) is 89.5 Å². The van der Waals surface area contributed by atoms with Gasteiger partial charge in [0.2, 0.25) is 11.8 Å². The van der Waals surface area contributed by atoms with Crippen LogP contribution in [-0.4, -0.2) is 37.1 Å². The Morgan fingerprint density at radius 2 is 1.85 bits per heavy atom. The average molecular weight is 378 g/mol. The third-order valence-corrected chi connectivity index (χ3v) is 3.69. The van der Waals surface area contributed by atoms with Gasteiger partial charge in [-0.2, -0.15) is 0 Å². The number of rotatable bonds is 8. The molecule has 2 N–H and O–H groups in total. The molecule has 0 aliphatic carbocycles. The largest absolute Gasteiger partial charge is 0.497 e. The van der Waals surface area contributed by atoms with Crippen molar-refractivity contribution >= 4 is 23.4 Å². The number of benzene rings is 1. The van der Waals surface area contributed by atoms with Crippen molar-refractivity contribution in [3.8, 4) is 11.6 Å². The molecule has 0 radical (unpaired) electrons. The third kappa shape index (κ3) is 5.63. The van der Waals surface area contributed by atoms with Crippen LogP contribution >= 0.6 is 11.6 Å². The van der Waals surface area contributed by atoms with E-state index in [2.05, 4.69) is 15.6 Å². The Labute approximate surface area is 156 Å². The van der Waals surface area contributed by atoms with Gasteiger partial charge in [0, 0.05) is 12.6 Å². The second-order valence-corrected chi connectivity index (χ2v) is 5.63. The van der Waals surface area contributed by atoms with Crippen molar-refractivity contribution in [2.24, 2.45) is 0 Å². The number of hydrogen-bond donors (Lipinski definition) is 2. The lowest BCUT2D eigenvalue weighted by molar-refractivity contribution is -0.120. The number of halogens is 1. The van der Waals surface area contributed by atoms with Crippen molar-refractivity contribution in [1.29, 1.82) is 0 Å². The lowest BCUT2D eigenvalue weighted by Crippen LogP contribution is -2.37. The van der Waals surface area contributed by atoms with E-state index < -0.39 is 5.91 Å². The second-order valence-electron chi connectivity index (χ2n) is 5.22. The first-order valence-electron chi connectivity index (χ1n) is 8.00. The molecule has 1 aromatic heterocycles. The van der Waals surface area contributed by atoms with Crippen molar-refractivity contribution in [2.75, 3.05) is 20.3 Å². The van der Waals surface area contributed by atoms with E-state index in [1.165, 1.54) is 6.07 Å². The first kappa shape index (κ1) is 19.5.